The number of hydrogen-bond donors (Lipinski definition) is 1. The van der Waals surface area contributed by atoms with Gasteiger partial charge in [-0.15, -0.1) is 0 Å². The van der Waals surface area contributed by atoms with Gasteiger partial charge in [0.15, 0.2) is 17.5 Å². The second-order valence-electron chi connectivity index (χ2n) is 6.48. The number of aliphatic imine (C=N–C) groups is 1. The van der Waals surface area contributed by atoms with Crippen LogP contribution in [0.4, 0.5) is 5.82 Å². The molecule has 142 valence electrons. The number of aromatic nitrogens is 1. The fraction of sp³-hybridized carbons (Fsp3) is 0.400. The summed E-state index contributed by atoms with van der Waals surface area (Å²) >= 11 is 0. The van der Waals surface area contributed by atoms with E-state index in [-0.39, 0.29) is 6.79 Å². The van der Waals surface area contributed by atoms with Gasteiger partial charge in [-0.2, -0.15) is 0 Å². The second kappa shape index (κ2) is 8.16. The lowest BCUT2D eigenvalue weighted by atomic mass is 10.2. The van der Waals surface area contributed by atoms with E-state index >= 15 is 0 Å². The smallest absolute Gasteiger partial charge is 0.231 e. The molecule has 0 bridgehead atoms. The normalized spacial score (nSPS) is 16.6. The minimum atomic E-state index is 0.283. The van der Waals surface area contributed by atoms with Crippen LogP contribution in [0.1, 0.15) is 12.5 Å². The van der Waals surface area contributed by atoms with Crippen molar-refractivity contribution in [2.24, 2.45) is 4.99 Å². The number of benzene rings is 1. The Labute approximate surface area is 159 Å². The van der Waals surface area contributed by atoms with Crippen molar-refractivity contribution in [2.75, 3.05) is 44.4 Å². The van der Waals surface area contributed by atoms with Crippen LogP contribution in [-0.2, 0) is 6.54 Å². The molecule has 0 radical (unpaired) electrons. The second-order valence-corrected chi connectivity index (χ2v) is 6.48. The highest BCUT2D eigenvalue weighted by Crippen LogP contribution is 2.35. The van der Waals surface area contributed by atoms with Crippen molar-refractivity contribution in [2.45, 2.75) is 13.5 Å². The van der Waals surface area contributed by atoms with Gasteiger partial charge in [-0.25, -0.2) is 9.98 Å². The van der Waals surface area contributed by atoms with Gasteiger partial charge in [0.25, 0.3) is 0 Å². The third kappa shape index (κ3) is 3.92. The highest BCUT2D eigenvalue weighted by Gasteiger charge is 2.21. The van der Waals surface area contributed by atoms with E-state index in [0.717, 1.165) is 61.6 Å². The van der Waals surface area contributed by atoms with Crippen molar-refractivity contribution in [3.05, 3.63) is 48.2 Å². The Morgan fingerprint density at radius 2 is 2.00 bits per heavy atom. The maximum atomic E-state index is 5.59. The van der Waals surface area contributed by atoms with E-state index in [1.165, 1.54) is 0 Å². The number of rotatable bonds is 4. The molecule has 3 heterocycles. The predicted octanol–water partition coefficient (Wildman–Crippen LogP) is 2.10. The third-order valence-corrected chi connectivity index (χ3v) is 4.76. The number of anilines is 1. The number of piperazine rings is 1. The summed E-state index contributed by atoms with van der Waals surface area (Å²) in [5, 5.41) is 3.41. The fourth-order valence-electron chi connectivity index (χ4n) is 3.39. The molecule has 0 spiro atoms. The Morgan fingerprint density at radius 1 is 1.11 bits per heavy atom. The van der Waals surface area contributed by atoms with Gasteiger partial charge in [0.05, 0.1) is 6.54 Å². The zero-order chi connectivity index (χ0) is 18.5. The lowest BCUT2D eigenvalue weighted by molar-refractivity contribution is 0.173. The van der Waals surface area contributed by atoms with Gasteiger partial charge in [-0.1, -0.05) is 18.2 Å². The molecule has 0 saturated carbocycles. The maximum absolute atomic E-state index is 5.59. The first-order valence-electron chi connectivity index (χ1n) is 9.42. The van der Waals surface area contributed by atoms with Crippen LogP contribution >= 0.6 is 0 Å². The summed E-state index contributed by atoms with van der Waals surface area (Å²) in [7, 11) is 0. The molecular formula is C20H25N5O2. The minimum Gasteiger partial charge on any atom is -0.454 e. The van der Waals surface area contributed by atoms with E-state index in [1.54, 1.807) is 0 Å². The molecule has 2 aromatic rings. The number of hydrogen-bond acceptors (Lipinski definition) is 5. The minimum absolute atomic E-state index is 0.283. The number of guanidine groups is 1. The summed E-state index contributed by atoms with van der Waals surface area (Å²) in [6.45, 7) is 7.46. The Morgan fingerprint density at radius 3 is 2.78 bits per heavy atom. The molecule has 2 aliphatic rings. The molecule has 7 nitrogen and oxygen atoms in total. The van der Waals surface area contributed by atoms with E-state index in [1.807, 2.05) is 36.5 Å². The van der Waals surface area contributed by atoms with E-state index in [4.69, 9.17) is 14.5 Å². The van der Waals surface area contributed by atoms with Gasteiger partial charge in [-0.3, -0.25) is 0 Å². The number of ether oxygens (including phenoxy) is 2. The van der Waals surface area contributed by atoms with E-state index in [0.29, 0.717) is 6.54 Å². The zero-order valence-electron chi connectivity index (χ0n) is 15.6. The molecule has 0 unspecified atom stereocenters. The first-order valence-corrected chi connectivity index (χ1v) is 9.42. The highest BCUT2D eigenvalue weighted by molar-refractivity contribution is 5.80. The summed E-state index contributed by atoms with van der Waals surface area (Å²) in [5.41, 5.74) is 1.05. The lowest BCUT2D eigenvalue weighted by Gasteiger charge is -2.37. The summed E-state index contributed by atoms with van der Waals surface area (Å²) in [5.74, 6) is 3.60. The van der Waals surface area contributed by atoms with Crippen molar-refractivity contribution in [1.29, 1.82) is 0 Å². The van der Waals surface area contributed by atoms with Crippen molar-refractivity contribution < 1.29 is 9.47 Å². The van der Waals surface area contributed by atoms with Crippen LogP contribution in [0.5, 0.6) is 11.5 Å². The van der Waals surface area contributed by atoms with Crippen LogP contribution < -0.4 is 19.7 Å². The van der Waals surface area contributed by atoms with Gasteiger partial charge in [0, 0.05) is 44.5 Å². The Balaban J connectivity index is 1.42. The van der Waals surface area contributed by atoms with Crippen LogP contribution in [-0.4, -0.2) is 55.4 Å². The summed E-state index contributed by atoms with van der Waals surface area (Å²) < 4.78 is 11.0. The molecular weight excluding hydrogens is 342 g/mol. The zero-order valence-corrected chi connectivity index (χ0v) is 15.6. The van der Waals surface area contributed by atoms with Crippen LogP contribution in [0.3, 0.4) is 0 Å². The fourth-order valence-corrected chi connectivity index (χ4v) is 3.39. The summed E-state index contributed by atoms with van der Waals surface area (Å²) in [4.78, 5) is 13.9. The summed E-state index contributed by atoms with van der Waals surface area (Å²) in [6, 6.07) is 12.0. The number of para-hydroxylation sites is 1. The van der Waals surface area contributed by atoms with E-state index in [2.05, 4.69) is 33.1 Å². The molecule has 0 amide bonds. The van der Waals surface area contributed by atoms with Crippen LogP contribution in [0, 0.1) is 0 Å². The van der Waals surface area contributed by atoms with Gasteiger partial charge in [0.2, 0.25) is 6.79 Å². The SMILES string of the molecule is CCNC(=NCc1cccc2c1OCO2)N1CCN(c2ccccn2)CC1. The monoisotopic (exact) mass is 367 g/mol. The molecule has 7 heteroatoms. The third-order valence-electron chi connectivity index (χ3n) is 4.76. The van der Waals surface area contributed by atoms with Crippen LogP contribution in [0.15, 0.2) is 47.6 Å². The Hall–Kier alpha value is -2.96. The molecule has 1 fully saturated rings. The largest absolute Gasteiger partial charge is 0.454 e. The van der Waals surface area contributed by atoms with Crippen molar-refractivity contribution in [3.63, 3.8) is 0 Å². The molecule has 2 aliphatic heterocycles. The first-order chi connectivity index (χ1) is 13.3. The van der Waals surface area contributed by atoms with Crippen molar-refractivity contribution >= 4 is 11.8 Å². The molecule has 0 aliphatic carbocycles. The highest BCUT2D eigenvalue weighted by atomic mass is 16.7. The molecule has 27 heavy (non-hydrogen) atoms. The standard InChI is InChI=1S/C20H25N5O2/c1-2-21-20(23-14-16-6-5-7-17-19(16)27-15-26-17)25-12-10-24(11-13-25)18-8-3-4-9-22-18/h3-9H,2,10-15H2,1H3,(H,21,23). The average molecular weight is 367 g/mol. The van der Waals surface area contributed by atoms with Gasteiger partial charge >= 0.3 is 0 Å². The molecule has 1 aromatic heterocycles. The number of nitrogens with one attached hydrogen (secondary N) is 1. The molecule has 4 rings (SSSR count). The van der Waals surface area contributed by atoms with Crippen LogP contribution in [0.2, 0.25) is 0 Å². The predicted molar refractivity (Wildman–Crippen MR) is 105 cm³/mol. The van der Waals surface area contributed by atoms with Gasteiger partial charge in [-0.05, 0) is 25.1 Å². The van der Waals surface area contributed by atoms with Crippen molar-refractivity contribution in [3.8, 4) is 11.5 Å². The number of pyridine rings is 1. The van der Waals surface area contributed by atoms with Crippen LogP contribution in [0.25, 0.3) is 0 Å². The topological polar surface area (TPSA) is 62.2 Å². The summed E-state index contributed by atoms with van der Waals surface area (Å²) in [6.07, 6.45) is 1.84. The average Bonchev–Trinajstić information content (AvgIpc) is 3.21. The number of nitrogens with zero attached hydrogens (tertiary/aromatic N) is 4. The van der Waals surface area contributed by atoms with Gasteiger partial charge in [0.1, 0.15) is 5.82 Å². The maximum Gasteiger partial charge on any atom is 0.231 e. The molecule has 1 saturated heterocycles. The first kappa shape index (κ1) is 17.5. The van der Waals surface area contributed by atoms with E-state index < -0.39 is 0 Å². The Bertz CT molecular complexity index is 788. The van der Waals surface area contributed by atoms with Crippen molar-refractivity contribution in [1.82, 2.24) is 15.2 Å². The molecule has 1 N–H and O–H groups in total. The molecule has 1 aromatic carbocycles. The van der Waals surface area contributed by atoms with Gasteiger partial charge < -0.3 is 24.6 Å². The Kier molecular flexibility index (Phi) is 5.27. The van der Waals surface area contributed by atoms with E-state index in [9.17, 15) is 0 Å². The lowest BCUT2D eigenvalue weighted by Crippen LogP contribution is -2.52. The number of fused-ring (bicyclic) bond motifs is 1. The molecule has 0 atom stereocenters. The quantitative estimate of drug-likeness (QED) is 0.660.